The molecular formula is C27H31N11O5S2. The van der Waals surface area contributed by atoms with Crippen molar-refractivity contribution < 1.29 is 22.9 Å². The number of thiazole rings is 1. The fraction of sp³-hybridized carbons (Fsp3) is 0.370. The number of tetrazole rings is 1. The van der Waals surface area contributed by atoms with E-state index in [-0.39, 0.29) is 55.4 Å². The van der Waals surface area contributed by atoms with Gasteiger partial charge in [-0.1, -0.05) is 28.6 Å². The molecule has 0 saturated carbocycles. The number of rotatable bonds is 9. The van der Waals surface area contributed by atoms with Crippen molar-refractivity contribution >= 4 is 50.2 Å². The first-order valence-corrected chi connectivity index (χ1v) is 16.4. The Labute approximate surface area is 262 Å². The van der Waals surface area contributed by atoms with E-state index in [0.717, 1.165) is 27.9 Å². The number of amides is 2. The fourth-order valence-corrected chi connectivity index (χ4v) is 7.96. The summed E-state index contributed by atoms with van der Waals surface area (Å²) < 4.78 is 29.1. The van der Waals surface area contributed by atoms with Gasteiger partial charge in [0.25, 0.3) is 5.91 Å². The van der Waals surface area contributed by atoms with Crippen LogP contribution in [0.3, 0.4) is 0 Å². The third kappa shape index (κ3) is 6.69. The highest BCUT2D eigenvalue weighted by Crippen LogP contribution is 2.29. The Morgan fingerprint density at radius 2 is 2.04 bits per heavy atom. The second-order valence-electron chi connectivity index (χ2n) is 10.8. The number of fused-ring (bicyclic) bond motifs is 2. The van der Waals surface area contributed by atoms with Crippen molar-refractivity contribution in [3.8, 4) is 0 Å². The average molecular weight is 654 g/mol. The van der Waals surface area contributed by atoms with Crippen LogP contribution >= 0.6 is 11.3 Å². The standard InChI is InChI=1S/C27H31N11O5S2/c1-16-8-22-23(13-29-16)44-26(32-22)27(40)38-7-6-37(15-20(38)11-25(39)30-14-24-33-35-36-34-24)45(41,42)21-5-4-18-9-17(12-31-43-28)2-3-19(18)10-21/h2-5,9-10,12,16,20,29H,6-8,11,13-15,28H2,1H3,(H,30,39)(H,33,34,35,36)/b31-12+. The van der Waals surface area contributed by atoms with Gasteiger partial charge in [-0.15, -0.1) is 27.4 Å². The van der Waals surface area contributed by atoms with Crippen molar-refractivity contribution in [2.24, 2.45) is 11.1 Å². The quantitative estimate of drug-likeness (QED) is 0.142. The lowest BCUT2D eigenvalue weighted by Gasteiger charge is -2.40. The molecule has 6 rings (SSSR count). The van der Waals surface area contributed by atoms with Gasteiger partial charge < -0.3 is 20.5 Å². The fourth-order valence-electron chi connectivity index (χ4n) is 5.46. The van der Waals surface area contributed by atoms with E-state index in [1.54, 1.807) is 29.2 Å². The zero-order valence-corrected chi connectivity index (χ0v) is 25.8. The second kappa shape index (κ2) is 12.9. The van der Waals surface area contributed by atoms with Crippen LogP contribution in [0.4, 0.5) is 0 Å². The van der Waals surface area contributed by atoms with Crippen molar-refractivity contribution in [1.82, 2.24) is 45.4 Å². The number of aromatic nitrogens is 5. The molecule has 16 nitrogen and oxygen atoms in total. The van der Waals surface area contributed by atoms with Gasteiger partial charge in [-0.2, -0.15) is 9.52 Å². The normalized spacial score (nSPS) is 19.1. The number of carbonyl (C=O) groups excluding carboxylic acids is 2. The molecule has 0 spiro atoms. The molecule has 4 aromatic rings. The van der Waals surface area contributed by atoms with Crippen LogP contribution < -0.4 is 16.5 Å². The average Bonchev–Trinajstić information content (AvgIpc) is 3.72. The van der Waals surface area contributed by atoms with Crippen LogP contribution in [-0.4, -0.2) is 93.0 Å². The lowest BCUT2D eigenvalue weighted by molar-refractivity contribution is -0.122. The molecule has 4 heterocycles. The maximum Gasteiger partial charge on any atom is 0.283 e. The molecule has 0 bridgehead atoms. The number of nitrogens with two attached hydrogens (primary N) is 1. The third-order valence-electron chi connectivity index (χ3n) is 7.77. The highest BCUT2D eigenvalue weighted by atomic mass is 32.2. The zero-order chi connectivity index (χ0) is 31.6. The largest absolute Gasteiger partial charge is 0.349 e. The second-order valence-corrected chi connectivity index (χ2v) is 13.8. The Balaban J connectivity index is 1.23. The molecule has 2 aliphatic rings. The van der Waals surface area contributed by atoms with Crippen LogP contribution in [0.15, 0.2) is 46.4 Å². The molecule has 2 atom stereocenters. The Hall–Kier alpha value is -4.36. The summed E-state index contributed by atoms with van der Waals surface area (Å²) in [6, 6.07) is 9.74. The van der Waals surface area contributed by atoms with E-state index in [0.29, 0.717) is 22.8 Å². The number of nitrogens with one attached hydrogen (secondary N) is 3. The van der Waals surface area contributed by atoms with Crippen LogP contribution in [-0.2, 0) is 39.3 Å². The summed E-state index contributed by atoms with van der Waals surface area (Å²) in [5, 5.41) is 25.0. The summed E-state index contributed by atoms with van der Waals surface area (Å²) in [6.45, 7) is 2.82. The molecule has 18 heteroatoms. The topological polar surface area (TPSA) is 214 Å². The van der Waals surface area contributed by atoms with Gasteiger partial charge >= 0.3 is 0 Å². The van der Waals surface area contributed by atoms with Crippen molar-refractivity contribution in [2.45, 2.75) is 49.8 Å². The predicted molar refractivity (Wildman–Crippen MR) is 163 cm³/mol. The van der Waals surface area contributed by atoms with Gasteiger partial charge in [0, 0.05) is 49.9 Å². The molecule has 0 aliphatic carbocycles. The van der Waals surface area contributed by atoms with E-state index in [4.69, 9.17) is 5.90 Å². The molecule has 0 radical (unpaired) electrons. The van der Waals surface area contributed by atoms with Gasteiger partial charge in [-0.3, -0.25) is 9.59 Å². The number of sulfonamides is 1. The molecular weight excluding hydrogens is 623 g/mol. The Morgan fingerprint density at radius 1 is 1.22 bits per heavy atom. The maximum atomic E-state index is 13.9. The summed E-state index contributed by atoms with van der Waals surface area (Å²) in [6.07, 6.45) is 2.03. The first kappa shape index (κ1) is 30.7. The first-order chi connectivity index (χ1) is 21.7. The van der Waals surface area contributed by atoms with Gasteiger partial charge in [0.05, 0.1) is 29.4 Å². The first-order valence-electron chi connectivity index (χ1n) is 14.2. The van der Waals surface area contributed by atoms with Gasteiger partial charge in [-0.25, -0.2) is 13.4 Å². The van der Waals surface area contributed by atoms with Crippen LogP contribution in [0.25, 0.3) is 10.8 Å². The van der Waals surface area contributed by atoms with Gasteiger partial charge in [-0.05, 0) is 41.5 Å². The molecule has 2 amide bonds. The molecule has 1 fully saturated rings. The van der Waals surface area contributed by atoms with E-state index in [9.17, 15) is 18.0 Å². The minimum Gasteiger partial charge on any atom is -0.349 e. The molecule has 2 aliphatic heterocycles. The van der Waals surface area contributed by atoms with Gasteiger partial charge in [0.1, 0.15) is 0 Å². The zero-order valence-electron chi connectivity index (χ0n) is 24.2. The highest BCUT2D eigenvalue weighted by Gasteiger charge is 2.39. The molecule has 236 valence electrons. The number of benzene rings is 2. The maximum absolute atomic E-state index is 13.9. The minimum absolute atomic E-state index is 0.0340. The van der Waals surface area contributed by atoms with Crippen molar-refractivity contribution in [2.75, 3.05) is 19.6 Å². The molecule has 2 aromatic carbocycles. The summed E-state index contributed by atoms with van der Waals surface area (Å²) in [7, 11) is -3.97. The number of hydrogen-bond acceptors (Lipinski definition) is 13. The van der Waals surface area contributed by atoms with Gasteiger partial charge in [0.15, 0.2) is 10.8 Å². The lowest BCUT2D eigenvalue weighted by Crippen LogP contribution is -2.57. The van der Waals surface area contributed by atoms with Gasteiger partial charge in [0.2, 0.25) is 15.9 Å². The van der Waals surface area contributed by atoms with Crippen molar-refractivity contribution in [3.63, 3.8) is 0 Å². The molecule has 1 saturated heterocycles. The number of oxime groups is 1. The highest BCUT2D eigenvalue weighted by molar-refractivity contribution is 7.89. The number of H-pyrrole nitrogens is 1. The van der Waals surface area contributed by atoms with E-state index in [2.05, 4.69) is 53.3 Å². The molecule has 45 heavy (non-hydrogen) atoms. The number of carbonyl (C=O) groups is 2. The van der Waals surface area contributed by atoms with Crippen molar-refractivity contribution in [3.05, 3.63) is 63.4 Å². The van der Waals surface area contributed by atoms with E-state index in [1.165, 1.54) is 27.9 Å². The Bertz CT molecular complexity index is 1840. The molecule has 2 unspecified atom stereocenters. The van der Waals surface area contributed by atoms with Crippen LogP contribution in [0, 0.1) is 0 Å². The predicted octanol–water partition coefficient (Wildman–Crippen LogP) is 0.290. The Morgan fingerprint density at radius 3 is 2.84 bits per heavy atom. The smallest absolute Gasteiger partial charge is 0.283 e. The Kier molecular flexibility index (Phi) is 8.81. The van der Waals surface area contributed by atoms with E-state index < -0.39 is 16.1 Å². The summed E-state index contributed by atoms with van der Waals surface area (Å²) in [5.74, 6) is 4.54. The third-order valence-corrected chi connectivity index (χ3v) is 10.7. The number of nitrogens with zero attached hydrogens (tertiary/aromatic N) is 7. The van der Waals surface area contributed by atoms with E-state index >= 15 is 0 Å². The SMILES string of the molecule is CC1Cc2nc(C(=O)N3CCN(S(=O)(=O)c4ccc5cc(/C=N/ON)ccc5c4)CC3CC(=O)NCc3nn[nH]n3)sc2CN1. The molecule has 2 aromatic heterocycles. The van der Waals surface area contributed by atoms with Crippen molar-refractivity contribution in [1.29, 1.82) is 0 Å². The van der Waals surface area contributed by atoms with Crippen LogP contribution in [0.2, 0.25) is 0 Å². The summed E-state index contributed by atoms with van der Waals surface area (Å²) in [4.78, 5) is 38.4. The van der Waals surface area contributed by atoms with Crippen LogP contribution in [0.5, 0.6) is 0 Å². The number of hydrogen-bond donors (Lipinski definition) is 4. The lowest BCUT2D eigenvalue weighted by atomic mass is 10.1. The number of piperazine rings is 1. The van der Waals surface area contributed by atoms with Crippen LogP contribution in [0.1, 0.15) is 45.1 Å². The number of aromatic amines is 1. The van der Waals surface area contributed by atoms with E-state index in [1.807, 2.05) is 6.07 Å². The summed E-state index contributed by atoms with van der Waals surface area (Å²) >= 11 is 1.33. The molecule has 5 N–H and O–H groups in total. The summed E-state index contributed by atoms with van der Waals surface area (Å²) in [5.41, 5.74) is 1.63. The monoisotopic (exact) mass is 653 g/mol. The minimum atomic E-state index is -3.97.